The fourth-order valence-electron chi connectivity index (χ4n) is 2.19. The Morgan fingerprint density at radius 1 is 1.22 bits per heavy atom. The van der Waals surface area contributed by atoms with Crippen molar-refractivity contribution in [2.45, 2.75) is 19.4 Å². The molecule has 1 aromatic carbocycles. The van der Waals surface area contributed by atoms with E-state index in [9.17, 15) is 13.2 Å². The van der Waals surface area contributed by atoms with Gasteiger partial charge in [0.15, 0.2) is 0 Å². The highest BCUT2D eigenvalue weighted by Crippen LogP contribution is 2.26. The van der Waals surface area contributed by atoms with Crippen LogP contribution in [-0.2, 0) is 14.8 Å². The molecule has 0 unspecified atom stereocenters. The van der Waals surface area contributed by atoms with Crippen molar-refractivity contribution < 1.29 is 17.6 Å². The zero-order chi connectivity index (χ0) is 17.2. The number of para-hydroxylation sites is 1. The van der Waals surface area contributed by atoms with Crippen LogP contribution in [0.15, 0.2) is 34.7 Å². The second kappa shape index (κ2) is 6.72. The third-order valence-electron chi connectivity index (χ3n) is 3.96. The van der Waals surface area contributed by atoms with Crippen molar-refractivity contribution in [3.8, 4) is 0 Å². The van der Waals surface area contributed by atoms with Crippen LogP contribution in [0.3, 0.4) is 0 Å². The van der Waals surface area contributed by atoms with Gasteiger partial charge in [0.05, 0.1) is 11.8 Å². The van der Waals surface area contributed by atoms with Gasteiger partial charge in [0, 0.05) is 33.0 Å². The minimum atomic E-state index is -3.38. The predicted molar refractivity (Wildman–Crippen MR) is 89.5 cm³/mol. The molecule has 0 radical (unpaired) electrons. The molecular formula is C16H22N2O4S. The number of nitrogens with zero attached hydrogens (tertiary/aromatic N) is 2. The number of sulfonamides is 1. The van der Waals surface area contributed by atoms with Crippen molar-refractivity contribution >= 4 is 26.9 Å². The highest BCUT2D eigenvalue weighted by atomic mass is 32.2. The summed E-state index contributed by atoms with van der Waals surface area (Å²) in [6.07, 6.45) is -0.0540. The number of carbonyl (C=O) groups is 1. The highest BCUT2D eigenvalue weighted by molar-refractivity contribution is 7.89. The summed E-state index contributed by atoms with van der Waals surface area (Å²) in [5, 5.41) is 0.977. The first-order valence-electron chi connectivity index (χ1n) is 7.36. The molecule has 0 aliphatic carbocycles. The normalized spacial score (nSPS) is 13.4. The Labute approximate surface area is 136 Å². The van der Waals surface area contributed by atoms with E-state index >= 15 is 0 Å². The maximum absolute atomic E-state index is 12.2. The molecule has 23 heavy (non-hydrogen) atoms. The van der Waals surface area contributed by atoms with E-state index in [2.05, 4.69) is 0 Å². The minimum Gasteiger partial charge on any atom is -0.459 e. The van der Waals surface area contributed by atoms with E-state index in [4.69, 9.17) is 4.42 Å². The van der Waals surface area contributed by atoms with Gasteiger partial charge in [-0.25, -0.2) is 12.7 Å². The first-order valence-corrected chi connectivity index (χ1v) is 8.97. The summed E-state index contributed by atoms with van der Waals surface area (Å²) in [7, 11) is 1.20. The van der Waals surface area contributed by atoms with Crippen molar-refractivity contribution in [1.82, 2.24) is 9.21 Å². The van der Waals surface area contributed by atoms with Crippen LogP contribution in [0, 0.1) is 0 Å². The lowest BCUT2D eigenvalue weighted by atomic mass is 10.2. The average Bonchev–Trinajstić information content (AvgIpc) is 2.95. The molecule has 2 rings (SSSR count). The standard InChI is InChI=1S/C16H22N2O4S/c1-12(15-11-13-7-5-6-8-14(13)22-15)18(4)16(19)9-10-23(20,21)17(2)3/h5-8,11-12H,9-10H2,1-4H3/t12-/m0/s1. The zero-order valence-corrected chi connectivity index (χ0v) is 14.6. The van der Waals surface area contributed by atoms with Crippen LogP contribution in [0.4, 0.5) is 0 Å². The van der Waals surface area contributed by atoms with Gasteiger partial charge in [-0.1, -0.05) is 18.2 Å². The third kappa shape index (κ3) is 3.92. The topological polar surface area (TPSA) is 70.8 Å². The van der Waals surface area contributed by atoms with E-state index in [1.54, 1.807) is 7.05 Å². The van der Waals surface area contributed by atoms with Gasteiger partial charge in [0.25, 0.3) is 0 Å². The predicted octanol–water partition coefficient (Wildman–Crippen LogP) is 2.23. The smallest absolute Gasteiger partial charge is 0.223 e. The van der Waals surface area contributed by atoms with Crippen LogP contribution in [0.5, 0.6) is 0 Å². The summed E-state index contributed by atoms with van der Waals surface area (Å²) in [5.74, 6) is 0.247. The first kappa shape index (κ1) is 17.5. The molecule has 1 heterocycles. The minimum absolute atomic E-state index is 0.0540. The van der Waals surface area contributed by atoms with Gasteiger partial charge >= 0.3 is 0 Å². The number of fused-ring (bicyclic) bond motifs is 1. The Kier molecular flexibility index (Phi) is 5.11. The van der Waals surface area contributed by atoms with Gasteiger partial charge in [-0.3, -0.25) is 4.79 Å². The second-order valence-corrected chi connectivity index (χ2v) is 8.02. The number of hydrogen-bond donors (Lipinski definition) is 0. The Morgan fingerprint density at radius 3 is 2.48 bits per heavy atom. The molecule has 126 valence electrons. The van der Waals surface area contributed by atoms with E-state index in [0.29, 0.717) is 5.76 Å². The fourth-order valence-corrected chi connectivity index (χ4v) is 2.99. The molecule has 0 saturated carbocycles. The largest absolute Gasteiger partial charge is 0.459 e. The summed E-state index contributed by atoms with van der Waals surface area (Å²) in [4.78, 5) is 13.8. The molecule has 1 amide bonds. The molecule has 6 nitrogen and oxygen atoms in total. The van der Waals surface area contributed by atoms with Crippen LogP contribution in [0.1, 0.15) is 25.1 Å². The quantitative estimate of drug-likeness (QED) is 0.810. The molecule has 0 N–H and O–H groups in total. The van der Waals surface area contributed by atoms with E-state index < -0.39 is 10.0 Å². The number of benzene rings is 1. The van der Waals surface area contributed by atoms with Crippen molar-refractivity contribution in [3.63, 3.8) is 0 Å². The van der Waals surface area contributed by atoms with Gasteiger partial charge in [-0.2, -0.15) is 0 Å². The van der Waals surface area contributed by atoms with Crippen molar-refractivity contribution in [1.29, 1.82) is 0 Å². The molecule has 1 atom stereocenters. The Hall–Kier alpha value is -1.86. The highest BCUT2D eigenvalue weighted by Gasteiger charge is 2.23. The maximum atomic E-state index is 12.2. The van der Waals surface area contributed by atoms with E-state index in [1.807, 2.05) is 37.3 Å². The summed E-state index contributed by atoms with van der Waals surface area (Å²) >= 11 is 0. The van der Waals surface area contributed by atoms with Crippen LogP contribution in [-0.4, -0.2) is 50.4 Å². The molecule has 0 bridgehead atoms. The maximum Gasteiger partial charge on any atom is 0.223 e. The Morgan fingerprint density at radius 2 is 1.87 bits per heavy atom. The van der Waals surface area contributed by atoms with Crippen LogP contribution in [0.2, 0.25) is 0 Å². The monoisotopic (exact) mass is 338 g/mol. The number of carbonyl (C=O) groups excluding carboxylic acids is 1. The van der Waals surface area contributed by atoms with E-state index in [1.165, 1.54) is 19.0 Å². The van der Waals surface area contributed by atoms with Gasteiger partial charge in [-0.15, -0.1) is 0 Å². The molecular weight excluding hydrogens is 316 g/mol. The van der Waals surface area contributed by atoms with Crippen molar-refractivity contribution in [2.75, 3.05) is 26.9 Å². The zero-order valence-electron chi connectivity index (χ0n) is 13.8. The summed E-state index contributed by atoms with van der Waals surface area (Å²) < 4.78 is 30.4. The molecule has 0 spiro atoms. The lowest BCUT2D eigenvalue weighted by Crippen LogP contribution is -2.33. The molecule has 0 aliphatic heterocycles. The average molecular weight is 338 g/mol. The molecule has 1 aromatic heterocycles. The van der Waals surface area contributed by atoms with E-state index in [0.717, 1.165) is 15.3 Å². The van der Waals surface area contributed by atoms with Crippen LogP contribution >= 0.6 is 0 Å². The Bertz CT molecular complexity index is 762. The van der Waals surface area contributed by atoms with E-state index in [-0.39, 0.29) is 24.1 Å². The first-order chi connectivity index (χ1) is 10.7. The van der Waals surface area contributed by atoms with Gasteiger partial charge in [-0.05, 0) is 19.1 Å². The van der Waals surface area contributed by atoms with Crippen molar-refractivity contribution in [3.05, 3.63) is 36.1 Å². The number of rotatable bonds is 6. The molecule has 7 heteroatoms. The third-order valence-corrected chi connectivity index (χ3v) is 5.79. The number of amides is 1. The number of furan rings is 1. The van der Waals surface area contributed by atoms with Crippen molar-refractivity contribution in [2.24, 2.45) is 0 Å². The Balaban J connectivity index is 2.06. The molecule has 2 aromatic rings. The summed E-state index contributed by atoms with van der Waals surface area (Å²) in [6, 6.07) is 9.27. The SMILES string of the molecule is C[C@@H](c1cc2ccccc2o1)N(C)C(=O)CCS(=O)(=O)N(C)C. The molecule has 0 saturated heterocycles. The van der Waals surface area contributed by atoms with Gasteiger partial charge in [0.2, 0.25) is 15.9 Å². The summed E-state index contributed by atoms with van der Waals surface area (Å²) in [6.45, 7) is 1.86. The van der Waals surface area contributed by atoms with Crippen LogP contribution in [0.25, 0.3) is 11.0 Å². The fraction of sp³-hybridized carbons (Fsp3) is 0.438. The van der Waals surface area contributed by atoms with Crippen LogP contribution < -0.4 is 0 Å². The van der Waals surface area contributed by atoms with Gasteiger partial charge in [0.1, 0.15) is 11.3 Å². The molecule has 0 fully saturated rings. The summed E-state index contributed by atoms with van der Waals surface area (Å²) in [5.41, 5.74) is 0.769. The van der Waals surface area contributed by atoms with Gasteiger partial charge < -0.3 is 9.32 Å². The second-order valence-electron chi connectivity index (χ2n) is 5.72. The number of hydrogen-bond acceptors (Lipinski definition) is 4. The lowest BCUT2D eigenvalue weighted by Gasteiger charge is -2.23. The lowest BCUT2D eigenvalue weighted by molar-refractivity contribution is -0.131. The molecule has 0 aliphatic rings.